The van der Waals surface area contributed by atoms with E-state index in [0.29, 0.717) is 24.3 Å². The fourth-order valence-corrected chi connectivity index (χ4v) is 2.70. The molecule has 1 aliphatic heterocycles. The predicted octanol–water partition coefficient (Wildman–Crippen LogP) is 1.68. The monoisotopic (exact) mass is 463 g/mol. The van der Waals surface area contributed by atoms with Gasteiger partial charge in [-0.25, -0.2) is 0 Å². The lowest BCUT2D eigenvalue weighted by atomic mass is 10.2. The molecule has 1 heterocycles. The zero-order valence-corrected chi connectivity index (χ0v) is 17.8. The summed E-state index contributed by atoms with van der Waals surface area (Å²) in [5, 5.41) is 3.10. The molecule has 0 spiro atoms. The molecule has 0 aliphatic carbocycles. The summed E-state index contributed by atoms with van der Waals surface area (Å²) in [5.74, 6) is 1.81. The number of likely N-dealkylation sites (N-methyl/N-ethyl adjacent to an activating group) is 1. The first kappa shape index (κ1) is 21.8. The minimum Gasteiger partial charge on any atom is -0.497 e. The number of nitrogens with zero attached hydrogens (tertiary/aromatic N) is 3. The van der Waals surface area contributed by atoms with Crippen LogP contribution in [0.1, 0.15) is 6.92 Å². The van der Waals surface area contributed by atoms with E-state index in [-0.39, 0.29) is 24.0 Å². The smallest absolute Gasteiger partial charge is 0.193 e. The molecule has 7 nitrogen and oxygen atoms in total. The molecule has 1 unspecified atom stereocenters. The molecule has 0 aromatic heterocycles. The van der Waals surface area contributed by atoms with Gasteiger partial charge in [-0.3, -0.25) is 9.89 Å². The SMILES string of the molecule is COc1ccc(OC)c(NC(N)=NCC(C)N2CCN(C)CC2)c1.I. The molecular formula is C17H30IN5O2. The predicted molar refractivity (Wildman–Crippen MR) is 114 cm³/mol. The van der Waals surface area contributed by atoms with E-state index in [1.54, 1.807) is 14.2 Å². The Bertz CT molecular complexity index is 562. The molecule has 0 radical (unpaired) electrons. The Labute approximate surface area is 167 Å². The third-order valence-electron chi connectivity index (χ3n) is 4.36. The molecule has 1 saturated heterocycles. The summed E-state index contributed by atoms with van der Waals surface area (Å²) in [5.41, 5.74) is 6.78. The van der Waals surface area contributed by atoms with Crippen molar-refractivity contribution >= 4 is 35.6 Å². The van der Waals surface area contributed by atoms with Crippen LogP contribution < -0.4 is 20.5 Å². The van der Waals surface area contributed by atoms with E-state index in [1.165, 1.54) is 0 Å². The molecule has 1 aromatic rings. The van der Waals surface area contributed by atoms with Crippen molar-refractivity contribution in [1.29, 1.82) is 0 Å². The largest absolute Gasteiger partial charge is 0.497 e. The second kappa shape index (κ2) is 10.7. The van der Waals surface area contributed by atoms with Crippen LogP contribution in [0.5, 0.6) is 11.5 Å². The van der Waals surface area contributed by atoms with Gasteiger partial charge in [-0.15, -0.1) is 24.0 Å². The molecule has 142 valence electrons. The number of nitrogens with one attached hydrogen (secondary N) is 1. The number of hydrogen-bond donors (Lipinski definition) is 2. The highest BCUT2D eigenvalue weighted by Gasteiger charge is 2.18. The Hall–Kier alpha value is -1.26. The number of anilines is 1. The number of methoxy groups -OCH3 is 2. The quantitative estimate of drug-likeness (QED) is 0.380. The van der Waals surface area contributed by atoms with Gasteiger partial charge in [-0.2, -0.15) is 0 Å². The first-order chi connectivity index (χ1) is 11.5. The van der Waals surface area contributed by atoms with E-state index in [0.717, 1.165) is 37.6 Å². The van der Waals surface area contributed by atoms with E-state index in [9.17, 15) is 0 Å². The number of benzene rings is 1. The Morgan fingerprint density at radius 3 is 2.52 bits per heavy atom. The van der Waals surface area contributed by atoms with Crippen molar-refractivity contribution in [2.75, 3.05) is 59.3 Å². The number of guanidine groups is 1. The number of rotatable bonds is 6. The molecular weight excluding hydrogens is 433 g/mol. The second-order valence-electron chi connectivity index (χ2n) is 6.11. The summed E-state index contributed by atoms with van der Waals surface area (Å²) in [7, 11) is 5.40. The number of halogens is 1. The summed E-state index contributed by atoms with van der Waals surface area (Å²) in [6.07, 6.45) is 0. The van der Waals surface area contributed by atoms with Gasteiger partial charge in [0.15, 0.2) is 5.96 Å². The van der Waals surface area contributed by atoms with Crippen LogP contribution in [0.15, 0.2) is 23.2 Å². The van der Waals surface area contributed by atoms with Crippen LogP contribution in [-0.2, 0) is 0 Å². The minimum atomic E-state index is 0. The van der Waals surface area contributed by atoms with Crippen molar-refractivity contribution in [1.82, 2.24) is 9.80 Å². The summed E-state index contributed by atoms with van der Waals surface area (Å²) in [6, 6.07) is 5.88. The molecule has 1 fully saturated rings. The van der Waals surface area contributed by atoms with Gasteiger partial charge in [-0.05, 0) is 26.1 Å². The molecule has 1 aromatic carbocycles. The van der Waals surface area contributed by atoms with E-state index >= 15 is 0 Å². The van der Waals surface area contributed by atoms with Crippen LogP contribution in [0.2, 0.25) is 0 Å². The Morgan fingerprint density at radius 1 is 1.24 bits per heavy atom. The molecule has 25 heavy (non-hydrogen) atoms. The first-order valence-electron chi connectivity index (χ1n) is 8.25. The third kappa shape index (κ3) is 6.52. The third-order valence-corrected chi connectivity index (χ3v) is 4.36. The molecule has 0 amide bonds. The average Bonchev–Trinajstić information content (AvgIpc) is 2.60. The fourth-order valence-electron chi connectivity index (χ4n) is 2.70. The normalized spacial score (nSPS) is 17.5. The van der Waals surface area contributed by atoms with Gasteiger partial charge in [0, 0.05) is 38.3 Å². The lowest BCUT2D eigenvalue weighted by Crippen LogP contribution is -2.49. The van der Waals surface area contributed by atoms with Crippen molar-refractivity contribution in [3.63, 3.8) is 0 Å². The highest BCUT2D eigenvalue weighted by atomic mass is 127. The van der Waals surface area contributed by atoms with Crippen LogP contribution in [0.25, 0.3) is 0 Å². The van der Waals surface area contributed by atoms with Crippen LogP contribution in [0.4, 0.5) is 5.69 Å². The van der Waals surface area contributed by atoms with Gasteiger partial charge < -0.3 is 25.4 Å². The fraction of sp³-hybridized carbons (Fsp3) is 0.588. The second-order valence-corrected chi connectivity index (χ2v) is 6.11. The Balaban J connectivity index is 0.00000312. The number of ether oxygens (including phenoxy) is 2. The van der Waals surface area contributed by atoms with E-state index in [2.05, 4.69) is 34.1 Å². The van der Waals surface area contributed by atoms with Crippen molar-refractivity contribution in [3.05, 3.63) is 18.2 Å². The van der Waals surface area contributed by atoms with Crippen molar-refractivity contribution in [3.8, 4) is 11.5 Å². The topological polar surface area (TPSA) is 75.3 Å². The van der Waals surface area contributed by atoms with Gasteiger partial charge in [0.25, 0.3) is 0 Å². The van der Waals surface area contributed by atoms with Crippen molar-refractivity contribution in [2.45, 2.75) is 13.0 Å². The van der Waals surface area contributed by atoms with E-state index in [1.807, 2.05) is 18.2 Å². The van der Waals surface area contributed by atoms with Crippen molar-refractivity contribution < 1.29 is 9.47 Å². The highest BCUT2D eigenvalue weighted by Crippen LogP contribution is 2.28. The van der Waals surface area contributed by atoms with Crippen LogP contribution in [-0.4, -0.2) is 75.8 Å². The van der Waals surface area contributed by atoms with E-state index < -0.39 is 0 Å². The minimum absolute atomic E-state index is 0. The molecule has 0 saturated carbocycles. The van der Waals surface area contributed by atoms with Gasteiger partial charge >= 0.3 is 0 Å². The number of nitrogens with two attached hydrogens (primary N) is 1. The van der Waals surface area contributed by atoms with Gasteiger partial charge in [0.05, 0.1) is 26.5 Å². The van der Waals surface area contributed by atoms with E-state index in [4.69, 9.17) is 15.2 Å². The average molecular weight is 463 g/mol. The number of piperazine rings is 1. The van der Waals surface area contributed by atoms with Crippen molar-refractivity contribution in [2.24, 2.45) is 10.7 Å². The van der Waals surface area contributed by atoms with Gasteiger partial charge in [0.1, 0.15) is 11.5 Å². The van der Waals surface area contributed by atoms with Gasteiger partial charge in [0.2, 0.25) is 0 Å². The molecule has 0 bridgehead atoms. The Kier molecular flexibility index (Phi) is 9.30. The standard InChI is InChI=1S/C17H29N5O2.HI/c1-13(22-9-7-21(2)8-10-22)12-19-17(18)20-15-11-14(23-3)5-6-16(15)24-4;/h5-6,11,13H,7-10,12H2,1-4H3,(H3,18,19,20);1H. The maximum Gasteiger partial charge on any atom is 0.193 e. The molecule has 3 N–H and O–H groups in total. The van der Waals surface area contributed by atoms with Gasteiger partial charge in [-0.1, -0.05) is 0 Å². The first-order valence-corrected chi connectivity index (χ1v) is 8.25. The zero-order valence-electron chi connectivity index (χ0n) is 15.5. The summed E-state index contributed by atoms with van der Waals surface area (Å²) < 4.78 is 10.6. The summed E-state index contributed by atoms with van der Waals surface area (Å²) in [4.78, 5) is 9.27. The lowest BCUT2D eigenvalue weighted by molar-refractivity contribution is 0.122. The number of aliphatic imine (C=N–C) groups is 1. The van der Waals surface area contributed by atoms with Crippen LogP contribution in [0.3, 0.4) is 0 Å². The maximum absolute atomic E-state index is 6.04. The molecule has 1 aliphatic rings. The summed E-state index contributed by atoms with van der Waals surface area (Å²) >= 11 is 0. The Morgan fingerprint density at radius 2 is 1.92 bits per heavy atom. The van der Waals surface area contributed by atoms with Crippen LogP contribution >= 0.6 is 24.0 Å². The zero-order chi connectivity index (χ0) is 17.5. The maximum atomic E-state index is 6.04. The molecule has 1 atom stereocenters. The lowest BCUT2D eigenvalue weighted by Gasteiger charge is -2.35. The van der Waals surface area contributed by atoms with Crippen LogP contribution in [0, 0.1) is 0 Å². The number of hydrogen-bond acceptors (Lipinski definition) is 5. The molecule has 2 rings (SSSR count). The highest BCUT2D eigenvalue weighted by molar-refractivity contribution is 14.0. The molecule has 8 heteroatoms. The summed E-state index contributed by atoms with van der Waals surface area (Å²) in [6.45, 7) is 7.20.